The third-order valence-electron chi connectivity index (χ3n) is 3.57. The van der Waals surface area contributed by atoms with Gasteiger partial charge in [-0.2, -0.15) is 16.9 Å². The quantitative estimate of drug-likeness (QED) is 0.878. The van der Waals surface area contributed by atoms with E-state index in [1.54, 1.807) is 0 Å². The van der Waals surface area contributed by atoms with E-state index in [1.807, 2.05) is 11.8 Å². The minimum absolute atomic E-state index is 0.497. The molecular weight excluding hydrogens is 232 g/mol. The van der Waals surface area contributed by atoms with Crippen molar-refractivity contribution in [1.29, 1.82) is 0 Å². The predicted molar refractivity (Wildman–Crippen MR) is 72.4 cm³/mol. The molecule has 0 spiro atoms. The van der Waals surface area contributed by atoms with Gasteiger partial charge in [0.15, 0.2) is 0 Å². The number of rotatable bonds is 5. The third-order valence-corrected chi connectivity index (χ3v) is 4.81. The minimum Gasteiger partial charge on any atom is -0.389 e. The molecule has 3 nitrogen and oxygen atoms in total. The fourth-order valence-electron chi connectivity index (χ4n) is 2.41. The highest BCUT2D eigenvalue weighted by molar-refractivity contribution is 7.99. The van der Waals surface area contributed by atoms with Crippen molar-refractivity contribution in [3.63, 3.8) is 0 Å². The Hall–Kier alpha value is -0.480. The van der Waals surface area contributed by atoms with Gasteiger partial charge in [0.05, 0.1) is 17.3 Å². The lowest BCUT2D eigenvalue weighted by molar-refractivity contribution is 0.0674. The Morgan fingerprint density at radius 3 is 2.88 bits per heavy atom. The second-order valence-corrected chi connectivity index (χ2v) is 6.07. The van der Waals surface area contributed by atoms with Crippen LogP contribution in [0.4, 0.5) is 0 Å². The molecule has 2 rings (SSSR count). The van der Waals surface area contributed by atoms with Crippen LogP contribution in [0.25, 0.3) is 0 Å². The highest BCUT2D eigenvalue weighted by Crippen LogP contribution is 2.30. The van der Waals surface area contributed by atoms with Crippen LogP contribution in [-0.4, -0.2) is 32.0 Å². The van der Waals surface area contributed by atoms with Crippen molar-refractivity contribution in [2.24, 2.45) is 0 Å². The zero-order valence-electron chi connectivity index (χ0n) is 10.7. The molecule has 0 aliphatic carbocycles. The van der Waals surface area contributed by atoms with Crippen LogP contribution in [0.1, 0.15) is 44.8 Å². The van der Waals surface area contributed by atoms with Gasteiger partial charge in [0.25, 0.3) is 0 Å². The Labute approximate surface area is 108 Å². The highest BCUT2D eigenvalue weighted by atomic mass is 32.2. The Bertz CT molecular complexity index is 354. The molecule has 1 aliphatic rings. The SMILES string of the molecule is CCC(CC)n1ccc(CC2(O)CCSC2)n1. The fourth-order valence-corrected chi connectivity index (χ4v) is 3.71. The monoisotopic (exact) mass is 254 g/mol. The Kier molecular flexibility index (Phi) is 4.15. The lowest BCUT2D eigenvalue weighted by Crippen LogP contribution is -2.31. The summed E-state index contributed by atoms with van der Waals surface area (Å²) in [6.07, 6.45) is 5.87. The summed E-state index contributed by atoms with van der Waals surface area (Å²) in [7, 11) is 0. The first kappa shape index (κ1) is 13.0. The normalized spacial score (nSPS) is 24.7. The van der Waals surface area contributed by atoms with Gasteiger partial charge in [-0.3, -0.25) is 4.68 Å². The van der Waals surface area contributed by atoms with Crippen molar-refractivity contribution in [2.75, 3.05) is 11.5 Å². The fraction of sp³-hybridized carbons (Fsp3) is 0.769. The van der Waals surface area contributed by atoms with Gasteiger partial charge in [-0.1, -0.05) is 13.8 Å². The molecule has 96 valence electrons. The zero-order chi connectivity index (χ0) is 12.3. The van der Waals surface area contributed by atoms with Gasteiger partial charge < -0.3 is 5.11 Å². The van der Waals surface area contributed by atoms with Crippen LogP contribution in [0.15, 0.2) is 12.3 Å². The summed E-state index contributed by atoms with van der Waals surface area (Å²) < 4.78 is 2.06. The molecule has 0 saturated carbocycles. The number of hydrogen-bond acceptors (Lipinski definition) is 3. The van der Waals surface area contributed by atoms with Gasteiger partial charge in [-0.25, -0.2) is 0 Å². The molecule has 0 bridgehead atoms. The molecule has 1 N–H and O–H groups in total. The van der Waals surface area contributed by atoms with Crippen LogP contribution in [-0.2, 0) is 6.42 Å². The van der Waals surface area contributed by atoms with Crippen LogP contribution >= 0.6 is 11.8 Å². The summed E-state index contributed by atoms with van der Waals surface area (Å²) in [5, 5.41) is 14.9. The molecule has 0 aromatic carbocycles. The molecule has 4 heteroatoms. The van der Waals surface area contributed by atoms with E-state index in [2.05, 4.69) is 35.9 Å². The van der Waals surface area contributed by atoms with Crippen molar-refractivity contribution in [2.45, 2.75) is 51.2 Å². The minimum atomic E-state index is -0.516. The Morgan fingerprint density at radius 1 is 1.53 bits per heavy atom. The number of nitrogens with zero attached hydrogens (tertiary/aromatic N) is 2. The summed E-state index contributed by atoms with van der Waals surface area (Å²) in [5.41, 5.74) is 0.513. The first-order valence-electron chi connectivity index (χ1n) is 6.51. The van der Waals surface area contributed by atoms with Gasteiger partial charge in [0, 0.05) is 18.4 Å². The number of hydrogen-bond donors (Lipinski definition) is 1. The molecule has 2 heterocycles. The van der Waals surface area contributed by atoms with Crippen molar-refractivity contribution < 1.29 is 5.11 Å². The summed E-state index contributed by atoms with van der Waals surface area (Å²) in [4.78, 5) is 0. The number of aromatic nitrogens is 2. The first-order chi connectivity index (χ1) is 8.17. The van der Waals surface area contributed by atoms with Crippen molar-refractivity contribution in [3.05, 3.63) is 18.0 Å². The topological polar surface area (TPSA) is 38.0 Å². The number of aliphatic hydroxyl groups is 1. The molecule has 17 heavy (non-hydrogen) atoms. The van der Waals surface area contributed by atoms with E-state index in [1.165, 1.54) is 0 Å². The molecule has 1 atom stereocenters. The van der Waals surface area contributed by atoms with Crippen LogP contribution < -0.4 is 0 Å². The van der Waals surface area contributed by atoms with Crippen LogP contribution in [0.3, 0.4) is 0 Å². The average molecular weight is 254 g/mol. The maximum Gasteiger partial charge on any atom is 0.0801 e. The van der Waals surface area contributed by atoms with Gasteiger partial charge in [0.2, 0.25) is 0 Å². The largest absolute Gasteiger partial charge is 0.389 e. The molecule has 1 aromatic rings. The molecule has 1 aromatic heterocycles. The van der Waals surface area contributed by atoms with Gasteiger partial charge in [-0.15, -0.1) is 0 Å². The van der Waals surface area contributed by atoms with E-state index in [0.29, 0.717) is 12.5 Å². The van der Waals surface area contributed by atoms with E-state index in [4.69, 9.17) is 0 Å². The number of thioether (sulfide) groups is 1. The van der Waals surface area contributed by atoms with Crippen molar-refractivity contribution >= 4 is 11.8 Å². The molecule has 1 unspecified atom stereocenters. The molecule has 1 saturated heterocycles. The van der Waals surface area contributed by atoms with E-state index in [0.717, 1.165) is 36.5 Å². The van der Waals surface area contributed by atoms with E-state index in [-0.39, 0.29) is 0 Å². The first-order valence-corrected chi connectivity index (χ1v) is 7.66. The summed E-state index contributed by atoms with van der Waals surface area (Å²) in [6, 6.07) is 2.55. The summed E-state index contributed by atoms with van der Waals surface area (Å²) >= 11 is 1.84. The van der Waals surface area contributed by atoms with Gasteiger partial charge >= 0.3 is 0 Å². The summed E-state index contributed by atoms with van der Waals surface area (Å²) in [5.74, 6) is 1.93. The second-order valence-electron chi connectivity index (χ2n) is 4.96. The molecule has 1 aliphatic heterocycles. The van der Waals surface area contributed by atoms with E-state index in [9.17, 15) is 5.11 Å². The Balaban J connectivity index is 2.03. The van der Waals surface area contributed by atoms with Crippen LogP contribution in [0, 0.1) is 0 Å². The van der Waals surface area contributed by atoms with Crippen LogP contribution in [0.5, 0.6) is 0 Å². The van der Waals surface area contributed by atoms with E-state index < -0.39 is 5.60 Å². The van der Waals surface area contributed by atoms with Crippen LogP contribution in [0.2, 0.25) is 0 Å². The predicted octanol–water partition coefficient (Wildman–Crippen LogP) is 2.65. The Morgan fingerprint density at radius 2 is 2.29 bits per heavy atom. The second kappa shape index (κ2) is 5.44. The molecule has 0 radical (unpaired) electrons. The molecule has 0 amide bonds. The lowest BCUT2D eigenvalue weighted by Gasteiger charge is -2.19. The zero-order valence-corrected chi connectivity index (χ0v) is 11.5. The lowest BCUT2D eigenvalue weighted by atomic mass is 9.97. The van der Waals surface area contributed by atoms with Gasteiger partial charge in [-0.05, 0) is 31.1 Å². The maximum absolute atomic E-state index is 10.3. The third kappa shape index (κ3) is 3.05. The standard InChI is InChI=1S/C13H22N2OS/c1-3-12(4-2)15-7-5-11(14-15)9-13(16)6-8-17-10-13/h5,7,12,16H,3-4,6,8-10H2,1-2H3. The smallest absolute Gasteiger partial charge is 0.0801 e. The molecule has 1 fully saturated rings. The summed E-state index contributed by atoms with van der Waals surface area (Å²) in [6.45, 7) is 4.38. The maximum atomic E-state index is 10.3. The highest BCUT2D eigenvalue weighted by Gasteiger charge is 2.32. The molecular formula is C13H22N2OS. The van der Waals surface area contributed by atoms with Crippen molar-refractivity contribution in [3.8, 4) is 0 Å². The van der Waals surface area contributed by atoms with Gasteiger partial charge in [0.1, 0.15) is 0 Å². The van der Waals surface area contributed by atoms with E-state index >= 15 is 0 Å². The average Bonchev–Trinajstić information content (AvgIpc) is 2.91. The van der Waals surface area contributed by atoms with Crippen molar-refractivity contribution in [1.82, 2.24) is 9.78 Å².